The average Bonchev–Trinajstić information content (AvgIpc) is 3.01. The van der Waals surface area contributed by atoms with Crippen molar-refractivity contribution in [3.63, 3.8) is 0 Å². The number of nitrogens with one attached hydrogen (secondary N) is 1. The van der Waals surface area contributed by atoms with Crippen LogP contribution < -0.4 is 5.48 Å². The highest BCUT2D eigenvalue weighted by molar-refractivity contribution is 6.11. The number of hydroxylamine groups is 1. The topological polar surface area (TPSA) is 68.2 Å². The Hall–Kier alpha value is -1.66. The van der Waals surface area contributed by atoms with Crippen molar-refractivity contribution in [2.24, 2.45) is 4.99 Å². The van der Waals surface area contributed by atoms with Crippen molar-refractivity contribution in [1.29, 1.82) is 0 Å². The van der Waals surface area contributed by atoms with Crippen molar-refractivity contribution >= 4 is 12.1 Å². The molecule has 2 bridgehead atoms. The lowest BCUT2D eigenvalue weighted by molar-refractivity contribution is -0.124. The van der Waals surface area contributed by atoms with Gasteiger partial charge in [-0.3, -0.25) is 14.9 Å². The van der Waals surface area contributed by atoms with Crippen LogP contribution in [-0.4, -0.2) is 59.3 Å². The fourth-order valence-electron chi connectivity index (χ4n) is 3.08. The van der Waals surface area contributed by atoms with Crippen LogP contribution >= 0.6 is 0 Å². The number of carbonyl (C=O) groups is 1. The molecule has 2 rings (SSSR count). The van der Waals surface area contributed by atoms with Crippen molar-refractivity contribution in [3.05, 3.63) is 23.0 Å². The standard InChI is InChI=1S/C15H24N4O2/c1-5-11(15(20)17-21)7-16-14(10(2)3)19-9-12-6-13(19)8-18(12)4/h5,7,12-13,21H,6,8-9H2,1-4H3,(H,17,20)/b11-5+,16-7-/t12-,13-/m0/s1. The Balaban J connectivity index is 2.16. The molecule has 0 spiro atoms. The molecule has 0 unspecified atom stereocenters. The van der Waals surface area contributed by atoms with Crippen LogP contribution in [0.15, 0.2) is 28.0 Å². The maximum Gasteiger partial charge on any atom is 0.275 e. The third-order valence-corrected chi connectivity index (χ3v) is 4.23. The summed E-state index contributed by atoms with van der Waals surface area (Å²) in [6.07, 6.45) is 4.32. The molecule has 0 saturated carbocycles. The largest absolute Gasteiger partial charge is 0.351 e. The minimum atomic E-state index is -0.544. The maximum absolute atomic E-state index is 11.5. The summed E-state index contributed by atoms with van der Waals surface area (Å²) < 4.78 is 0. The number of aliphatic imine (C=N–C) groups is 1. The zero-order valence-electron chi connectivity index (χ0n) is 13.1. The fourth-order valence-corrected chi connectivity index (χ4v) is 3.08. The lowest BCUT2D eigenvalue weighted by atomic mass is 10.2. The molecule has 0 aromatic carbocycles. The number of nitrogens with zero attached hydrogens (tertiary/aromatic N) is 3. The second-order valence-electron chi connectivity index (χ2n) is 5.90. The Labute approximate surface area is 125 Å². The molecule has 6 heteroatoms. The predicted octanol–water partition coefficient (Wildman–Crippen LogP) is 1.15. The van der Waals surface area contributed by atoms with Gasteiger partial charge in [-0.05, 0) is 39.8 Å². The van der Waals surface area contributed by atoms with Gasteiger partial charge in [-0.25, -0.2) is 10.5 Å². The summed E-state index contributed by atoms with van der Waals surface area (Å²) in [5, 5.41) is 8.71. The number of rotatable bonds is 4. The summed E-state index contributed by atoms with van der Waals surface area (Å²) in [5.74, 6) is 0.387. The van der Waals surface area contributed by atoms with Crippen molar-refractivity contribution < 1.29 is 10.0 Å². The van der Waals surface area contributed by atoms with Gasteiger partial charge in [-0.1, -0.05) is 6.08 Å². The molecule has 0 aliphatic carbocycles. The van der Waals surface area contributed by atoms with Gasteiger partial charge in [0.1, 0.15) is 5.82 Å². The maximum atomic E-state index is 11.5. The van der Waals surface area contributed by atoms with Gasteiger partial charge >= 0.3 is 0 Å². The van der Waals surface area contributed by atoms with E-state index in [-0.39, 0.29) is 0 Å². The molecule has 6 nitrogen and oxygen atoms in total. The van der Waals surface area contributed by atoms with Crippen LogP contribution in [0.1, 0.15) is 27.2 Å². The van der Waals surface area contributed by atoms with Crippen molar-refractivity contribution in [1.82, 2.24) is 15.3 Å². The van der Waals surface area contributed by atoms with Gasteiger partial charge in [-0.15, -0.1) is 0 Å². The van der Waals surface area contributed by atoms with Crippen LogP contribution in [0.4, 0.5) is 0 Å². The first-order chi connectivity index (χ1) is 9.97. The van der Waals surface area contributed by atoms with Crippen molar-refractivity contribution in [2.45, 2.75) is 39.3 Å². The normalized spacial score (nSPS) is 25.8. The van der Waals surface area contributed by atoms with Crippen LogP contribution in [0.25, 0.3) is 0 Å². The van der Waals surface area contributed by atoms with Gasteiger partial charge in [0.05, 0.1) is 5.57 Å². The van der Waals surface area contributed by atoms with Gasteiger partial charge in [0, 0.05) is 31.4 Å². The molecule has 1 amide bonds. The highest BCUT2D eigenvalue weighted by Crippen LogP contribution is 2.33. The first kappa shape index (κ1) is 15.7. The Morgan fingerprint density at radius 1 is 1.33 bits per heavy atom. The number of hydrogen-bond acceptors (Lipinski definition) is 5. The van der Waals surface area contributed by atoms with Crippen LogP contribution in [0, 0.1) is 0 Å². The Morgan fingerprint density at radius 2 is 2.05 bits per heavy atom. The SMILES string of the molecule is C/C=C(\C=N/C(=C(C)C)N1C[C@@H]2C[C@H]1CN2C)C(=O)NO. The number of likely N-dealkylation sites (N-methyl/N-ethyl adjacent to an activating group) is 1. The summed E-state index contributed by atoms with van der Waals surface area (Å²) in [7, 11) is 2.16. The average molecular weight is 292 g/mol. The van der Waals surface area contributed by atoms with E-state index in [9.17, 15) is 4.79 Å². The van der Waals surface area contributed by atoms with Gasteiger partial charge in [0.25, 0.3) is 5.91 Å². The number of carbonyl (C=O) groups excluding carboxylic acids is 1. The molecule has 0 aromatic rings. The van der Waals surface area contributed by atoms with Crippen molar-refractivity contribution in [3.8, 4) is 0 Å². The van der Waals surface area contributed by atoms with E-state index >= 15 is 0 Å². The lowest BCUT2D eigenvalue weighted by Crippen LogP contribution is -2.43. The fraction of sp³-hybridized carbons (Fsp3) is 0.600. The summed E-state index contributed by atoms with van der Waals surface area (Å²) in [5.41, 5.74) is 3.11. The quantitative estimate of drug-likeness (QED) is 0.353. The summed E-state index contributed by atoms with van der Waals surface area (Å²) in [6.45, 7) is 7.85. The van der Waals surface area contributed by atoms with Crippen LogP contribution in [-0.2, 0) is 4.79 Å². The van der Waals surface area contributed by atoms with Crippen molar-refractivity contribution in [2.75, 3.05) is 20.1 Å². The zero-order valence-corrected chi connectivity index (χ0v) is 13.1. The second-order valence-corrected chi connectivity index (χ2v) is 5.90. The van der Waals surface area contributed by atoms with Gasteiger partial charge < -0.3 is 4.90 Å². The minimum absolute atomic E-state index is 0.345. The predicted molar refractivity (Wildman–Crippen MR) is 82.1 cm³/mol. The number of piperazine rings is 1. The van der Waals surface area contributed by atoms with Gasteiger partial charge in [0.2, 0.25) is 0 Å². The Bertz CT molecular complexity index is 504. The zero-order chi connectivity index (χ0) is 15.6. The van der Waals surface area contributed by atoms with E-state index in [0.717, 1.165) is 24.5 Å². The molecule has 21 heavy (non-hydrogen) atoms. The smallest absolute Gasteiger partial charge is 0.275 e. The summed E-state index contributed by atoms with van der Waals surface area (Å²) in [4.78, 5) is 20.7. The molecule has 2 fully saturated rings. The molecule has 2 saturated heterocycles. The van der Waals surface area contributed by atoms with Crippen LogP contribution in [0.2, 0.25) is 0 Å². The van der Waals surface area contributed by atoms with E-state index in [2.05, 4.69) is 21.8 Å². The molecule has 2 aliphatic rings. The van der Waals surface area contributed by atoms with E-state index in [1.165, 1.54) is 12.6 Å². The first-order valence-corrected chi connectivity index (χ1v) is 7.27. The molecule has 2 N–H and O–H groups in total. The highest BCUT2D eigenvalue weighted by atomic mass is 16.5. The first-order valence-electron chi connectivity index (χ1n) is 7.27. The van der Waals surface area contributed by atoms with Crippen LogP contribution in [0.3, 0.4) is 0 Å². The van der Waals surface area contributed by atoms with E-state index in [4.69, 9.17) is 5.21 Å². The molecule has 0 radical (unpaired) electrons. The number of fused-ring (bicyclic) bond motifs is 2. The summed E-state index contributed by atoms with van der Waals surface area (Å²) in [6, 6.07) is 1.10. The molecular weight excluding hydrogens is 268 g/mol. The third kappa shape index (κ3) is 3.16. The third-order valence-electron chi connectivity index (χ3n) is 4.23. The number of allylic oxidation sites excluding steroid dienone is 2. The second kappa shape index (κ2) is 6.41. The minimum Gasteiger partial charge on any atom is -0.351 e. The van der Waals surface area contributed by atoms with E-state index in [1.54, 1.807) is 18.5 Å². The molecule has 2 atom stereocenters. The Kier molecular flexibility index (Phi) is 4.80. The van der Waals surface area contributed by atoms with Crippen LogP contribution in [0.5, 0.6) is 0 Å². The van der Waals surface area contributed by atoms with E-state index in [0.29, 0.717) is 17.7 Å². The molecule has 2 heterocycles. The summed E-state index contributed by atoms with van der Waals surface area (Å²) >= 11 is 0. The number of hydrogen-bond donors (Lipinski definition) is 2. The number of amides is 1. The number of likely N-dealkylation sites (tertiary alicyclic amines) is 2. The van der Waals surface area contributed by atoms with E-state index in [1.807, 2.05) is 13.8 Å². The highest BCUT2D eigenvalue weighted by Gasteiger charge is 2.42. The molecule has 2 aliphatic heterocycles. The van der Waals surface area contributed by atoms with Gasteiger partial charge in [-0.2, -0.15) is 0 Å². The molecular formula is C15H24N4O2. The van der Waals surface area contributed by atoms with E-state index < -0.39 is 5.91 Å². The molecule has 0 aromatic heterocycles. The Morgan fingerprint density at radius 3 is 2.48 bits per heavy atom. The monoisotopic (exact) mass is 292 g/mol. The molecule has 116 valence electrons. The van der Waals surface area contributed by atoms with Gasteiger partial charge in [0.15, 0.2) is 0 Å². The lowest BCUT2D eigenvalue weighted by Gasteiger charge is -2.34.